The van der Waals surface area contributed by atoms with Crippen LogP contribution in [-0.4, -0.2) is 11.8 Å². The van der Waals surface area contributed by atoms with Crippen molar-refractivity contribution in [2.75, 3.05) is 6.61 Å². The monoisotopic (exact) mass is 268 g/mol. The van der Waals surface area contributed by atoms with Crippen LogP contribution in [0.25, 0.3) is 0 Å². The minimum Gasteiger partial charge on any atom is -0.374 e. The Hall–Kier alpha value is -0.860. The third kappa shape index (κ3) is 5.19. The average Bonchev–Trinajstić information content (AvgIpc) is 2.38. The van der Waals surface area contributed by atoms with E-state index >= 15 is 0 Å². The number of benzene rings is 1. The van der Waals surface area contributed by atoms with Gasteiger partial charge in [-0.15, -0.1) is 0 Å². The Morgan fingerprint density at radius 2 is 1.89 bits per heavy atom. The van der Waals surface area contributed by atoms with E-state index in [-0.39, 0.29) is 6.10 Å². The predicted octanol–water partition coefficient (Wildman–Crippen LogP) is 4.72. The van der Waals surface area contributed by atoms with E-state index in [4.69, 9.17) is 16.3 Å². The van der Waals surface area contributed by atoms with Gasteiger partial charge in [0.25, 0.3) is 5.24 Å². The molecule has 3 heteroatoms. The topological polar surface area (TPSA) is 26.3 Å². The number of carbonyl (C=O) groups is 1. The van der Waals surface area contributed by atoms with E-state index in [0.29, 0.717) is 5.56 Å². The molecule has 1 atom stereocenters. The van der Waals surface area contributed by atoms with Gasteiger partial charge in [-0.2, -0.15) is 0 Å². The Morgan fingerprint density at radius 1 is 1.22 bits per heavy atom. The van der Waals surface area contributed by atoms with Crippen LogP contribution in [-0.2, 0) is 4.74 Å². The molecule has 100 valence electrons. The van der Waals surface area contributed by atoms with Crippen molar-refractivity contribution in [3.8, 4) is 0 Å². The van der Waals surface area contributed by atoms with Crippen molar-refractivity contribution in [1.29, 1.82) is 0 Å². The molecule has 0 aliphatic rings. The van der Waals surface area contributed by atoms with Crippen molar-refractivity contribution >= 4 is 16.8 Å². The minimum atomic E-state index is -0.422. The van der Waals surface area contributed by atoms with Crippen LogP contribution >= 0.6 is 11.6 Å². The van der Waals surface area contributed by atoms with E-state index in [9.17, 15) is 4.79 Å². The van der Waals surface area contributed by atoms with Gasteiger partial charge in [0.1, 0.15) is 0 Å². The first-order valence-corrected chi connectivity index (χ1v) is 6.94. The van der Waals surface area contributed by atoms with Crippen LogP contribution in [0.1, 0.15) is 61.6 Å². The summed E-state index contributed by atoms with van der Waals surface area (Å²) in [5.74, 6) is 0. The van der Waals surface area contributed by atoms with Gasteiger partial charge in [-0.05, 0) is 42.6 Å². The molecule has 0 heterocycles. The SMILES string of the molecule is CCCCCCO[C@H](C)c1ccc(C(=O)Cl)cc1. The van der Waals surface area contributed by atoms with Crippen molar-refractivity contribution in [3.05, 3.63) is 35.4 Å². The van der Waals surface area contributed by atoms with Crippen LogP contribution < -0.4 is 0 Å². The molecule has 0 saturated heterocycles. The molecule has 0 saturated carbocycles. The Balaban J connectivity index is 2.37. The molecule has 0 aliphatic carbocycles. The fourth-order valence-electron chi connectivity index (χ4n) is 1.77. The maximum absolute atomic E-state index is 10.9. The molecular weight excluding hydrogens is 248 g/mol. The third-order valence-electron chi connectivity index (χ3n) is 2.97. The van der Waals surface area contributed by atoms with Gasteiger partial charge >= 0.3 is 0 Å². The van der Waals surface area contributed by atoms with Crippen LogP contribution in [0.2, 0.25) is 0 Å². The summed E-state index contributed by atoms with van der Waals surface area (Å²) >= 11 is 5.40. The molecule has 18 heavy (non-hydrogen) atoms. The summed E-state index contributed by atoms with van der Waals surface area (Å²) in [5, 5.41) is -0.422. The molecular formula is C15H21ClO2. The van der Waals surface area contributed by atoms with Gasteiger partial charge in [-0.1, -0.05) is 38.3 Å². The predicted molar refractivity (Wildman–Crippen MR) is 75.1 cm³/mol. The lowest BCUT2D eigenvalue weighted by atomic mass is 10.1. The molecule has 2 nitrogen and oxygen atoms in total. The highest BCUT2D eigenvalue weighted by atomic mass is 35.5. The molecule has 1 rings (SSSR count). The summed E-state index contributed by atoms with van der Waals surface area (Å²) in [7, 11) is 0. The van der Waals surface area contributed by atoms with E-state index in [1.165, 1.54) is 19.3 Å². The number of carbonyl (C=O) groups excluding carboxylic acids is 1. The van der Waals surface area contributed by atoms with Crippen molar-refractivity contribution in [2.45, 2.75) is 45.6 Å². The highest BCUT2D eigenvalue weighted by Crippen LogP contribution is 2.18. The molecule has 1 aromatic carbocycles. The van der Waals surface area contributed by atoms with Crippen molar-refractivity contribution < 1.29 is 9.53 Å². The molecule has 0 radical (unpaired) electrons. The Labute approximate surface area is 114 Å². The minimum absolute atomic E-state index is 0.0612. The van der Waals surface area contributed by atoms with Crippen LogP contribution in [0.4, 0.5) is 0 Å². The molecule has 0 bridgehead atoms. The zero-order valence-corrected chi connectivity index (χ0v) is 11.9. The lowest BCUT2D eigenvalue weighted by molar-refractivity contribution is 0.0628. The molecule has 0 N–H and O–H groups in total. The number of hydrogen-bond acceptors (Lipinski definition) is 2. The number of ether oxygens (including phenoxy) is 1. The Morgan fingerprint density at radius 3 is 2.44 bits per heavy atom. The summed E-state index contributed by atoms with van der Waals surface area (Å²) in [4.78, 5) is 10.9. The van der Waals surface area contributed by atoms with Crippen LogP contribution in [0, 0.1) is 0 Å². The largest absolute Gasteiger partial charge is 0.374 e. The van der Waals surface area contributed by atoms with Gasteiger partial charge in [0.05, 0.1) is 6.10 Å². The highest BCUT2D eigenvalue weighted by Gasteiger charge is 2.07. The molecule has 0 unspecified atom stereocenters. The van der Waals surface area contributed by atoms with Crippen molar-refractivity contribution in [2.24, 2.45) is 0 Å². The lowest BCUT2D eigenvalue weighted by Crippen LogP contribution is -2.02. The first kappa shape index (κ1) is 15.2. The summed E-state index contributed by atoms with van der Waals surface area (Å²) in [6, 6.07) is 7.27. The maximum Gasteiger partial charge on any atom is 0.252 e. The van der Waals surface area contributed by atoms with Gasteiger partial charge in [0, 0.05) is 12.2 Å². The maximum atomic E-state index is 10.9. The average molecular weight is 269 g/mol. The first-order valence-electron chi connectivity index (χ1n) is 6.56. The summed E-state index contributed by atoms with van der Waals surface area (Å²) in [6.45, 7) is 5.01. The second-order valence-corrected chi connectivity index (χ2v) is 4.81. The normalized spacial score (nSPS) is 12.4. The van der Waals surface area contributed by atoms with E-state index in [1.807, 2.05) is 19.1 Å². The van der Waals surface area contributed by atoms with E-state index in [0.717, 1.165) is 18.6 Å². The van der Waals surface area contributed by atoms with E-state index in [2.05, 4.69) is 6.92 Å². The molecule has 0 spiro atoms. The number of rotatable bonds is 8. The molecule has 0 aromatic heterocycles. The van der Waals surface area contributed by atoms with E-state index < -0.39 is 5.24 Å². The molecule has 1 aromatic rings. The number of halogens is 1. The smallest absolute Gasteiger partial charge is 0.252 e. The molecule has 0 fully saturated rings. The number of unbranched alkanes of at least 4 members (excludes halogenated alkanes) is 3. The van der Waals surface area contributed by atoms with E-state index in [1.54, 1.807) is 12.1 Å². The van der Waals surface area contributed by atoms with Crippen LogP contribution in [0.15, 0.2) is 24.3 Å². The third-order valence-corrected chi connectivity index (χ3v) is 3.19. The fraction of sp³-hybridized carbons (Fsp3) is 0.533. The van der Waals surface area contributed by atoms with Gasteiger partial charge in [-0.25, -0.2) is 0 Å². The van der Waals surface area contributed by atoms with Gasteiger partial charge in [0.2, 0.25) is 0 Å². The molecule has 0 aliphatic heterocycles. The lowest BCUT2D eigenvalue weighted by Gasteiger charge is -2.13. The zero-order chi connectivity index (χ0) is 13.4. The van der Waals surface area contributed by atoms with Crippen LogP contribution in [0.3, 0.4) is 0 Å². The first-order chi connectivity index (χ1) is 8.65. The van der Waals surface area contributed by atoms with Gasteiger partial charge in [-0.3, -0.25) is 4.79 Å². The quantitative estimate of drug-likeness (QED) is 0.504. The number of hydrogen-bond donors (Lipinski definition) is 0. The summed E-state index contributed by atoms with van der Waals surface area (Å²) in [5.41, 5.74) is 1.60. The van der Waals surface area contributed by atoms with Crippen LogP contribution in [0.5, 0.6) is 0 Å². The summed E-state index contributed by atoms with van der Waals surface area (Å²) in [6.07, 6.45) is 4.90. The van der Waals surface area contributed by atoms with Crippen molar-refractivity contribution in [1.82, 2.24) is 0 Å². The standard InChI is InChI=1S/C15H21ClO2/c1-3-4-5-6-11-18-12(2)13-7-9-14(10-8-13)15(16)17/h7-10,12H,3-6,11H2,1-2H3/t12-/m1/s1. The summed E-state index contributed by atoms with van der Waals surface area (Å²) < 4.78 is 5.76. The zero-order valence-electron chi connectivity index (χ0n) is 11.1. The Bertz CT molecular complexity index is 359. The second-order valence-electron chi connectivity index (χ2n) is 4.47. The molecule has 0 amide bonds. The Kier molecular flexibility index (Phi) is 6.99. The second kappa shape index (κ2) is 8.28. The van der Waals surface area contributed by atoms with Gasteiger partial charge in [0.15, 0.2) is 0 Å². The fourth-order valence-corrected chi connectivity index (χ4v) is 1.90. The highest BCUT2D eigenvalue weighted by molar-refractivity contribution is 6.67. The van der Waals surface area contributed by atoms with Gasteiger partial charge < -0.3 is 4.74 Å². The van der Waals surface area contributed by atoms with Crippen molar-refractivity contribution in [3.63, 3.8) is 0 Å².